The van der Waals surface area contributed by atoms with Crippen molar-refractivity contribution in [3.8, 4) is 23.7 Å². The average molecular weight is 690 g/mol. The molecule has 1 aromatic carbocycles. The molecule has 50 heavy (non-hydrogen) atoms. The number of nitrogens with zero attached hydrogens (tertiary/aromatic N) is 5. The Morgan fingerprint density at radius 2 is 1.18 bits per heavy atom. The van der Waals surface area contributed by atoms with Crippen LogP contribution in [0, 0.1) is 41.4 Å². The Hall–Kier alpha value is -5.06. The zero-order chi connectivity index (χ0) is 36.1. The van der Waals surface area contributed by atoms with Crippen molar-refractivity contribution in [2.45, 2.75) is 46.8 Å². The molecule has 4 aromatic rings. The van der Waals surface area contributed by atoms with Gasteiger partial charge in [0.05, 0.1) is 5.02 Å². The van der Waals surface area contributed by atoms with Crippen LogP contribution in [0.5, 0.6) is 0 Å². The van der Waals surface area contributed by atoms with E-state index in [4.69, 9.17) is 21.1 Å². The molecule has 0 saturated carbocycles. The fraction of sp³-hybridized carbons (Fsp3) is 0.325. The molecule has 2 atom stereocenters. The normalized spacial score (nSPS) is 18.8. The quantitative estimate of drug-likeness (QED) is 0.239. The van der Waals surface area contributed by atoms with Crippen molar-refractivity contribution >= 4 is 35.1 Å². The summed E-state index contributed by atoms with van der Waals surface area (Å²) in [6.45, 7) is 11.3. The van der Waals surface area contributed by atoms with Gasteiger partial charge in [-0.1, -0.05) is 75.1 Å². The van der Waals surface area contributed by atoms with E-state index in [1.807, 2.05) is 77.1 Å². The van der Waals surface area contributed by atoms with Crippen LogP contribution in [0.4, 0.5) is 11.6 Å². The largest absolute Gasteiger partial charge is 0.371 e. The fourth-order valence-electron chi connectivity index (χ4n) is 6.05. The molecule has 2 saturated heterocycles. The van der Waals surface area contributed by atoms with E-state index in [9.17, 15) is 9.59 Å². The molecule has 3 aromatic heterocycles. The van der Waals surface area contributed by atoms with E-state index in [1.165, 1.54) is 5.56 Å². The van der Waals surface area contributed by atoms with Gasteiger partial charge in [0, 0.05) is 85.2 Å². The Balaban J connectivity index is 0.000000194. The lowest BCUT2D eigenvalue weighted by Gasteiger charge is -2.21. The monoisotopic (exact) mass is 689 g/mol. The minimum absolute atomic E-state index is 0.0430. The third-order valence-corrected chi connectivity index (χ3v) is 8.68. The second-order valence-corrected chi connectivity index (χ2v) is 14.1. The molecule has 0 bridgehead atoms. The number of anilines is 2. The second kappa shape index (κ2) is 15.2. The van der Waals surface area contributed by atoms with Gasteiger partial charge in [0.25, 0.3) is 11.8 Å². The van der Waals surface area contributed by atoms with E-state index in [-0.39, 0.29) is 22.6 Å². The second-order valence-electron chi connectivity index (χ2n) is 13.6. The van der Waals surface area contributed by atoms with Crippen LogP contribution in [0.2, 0.25) is 5.02 Å². The van der Waals surface area contributed by atoms with Gasteiger partial charge in [-0.2, -0.15) is 0 Å². The number of methoxy groups -OCH3 is 2. The van der Waals surface area contributed by atoms with Gasteiger partial charge >= 0.3 is 0 Å². The number of hydrogen-bond acceptors (Lipinski definition) is 7. The van der Waals surface area contributed by atoms with Crippen LogP contribution in [0.15, 0.2) is 79.4 Å². The molecule has 256 valence electrons. The van der Waals surface area contributed by atoms with Gasteiger partial charge in [0.1, 0.15) is 23.8 Å². The predicted octanol–water partition coefficient (Wildman–Crippen LogP) is 6.10. The summed E-state index contributed by atoms with van der Waals surface area (Å²) < 4.78 is 10.7. The van der Waals surface area contributed by atoms with Crippen molar-refractivity contribution in [1.29, 1.82) is 0 Å². The van der Waals surface area contributed by atoms with Gasteiger partial charge in [0.2, 0.25) is 0 Å². The zero-order valence-corrected chi connectivity index (χ0v) is 30.1. The van der Waals surface area contributed by atoms with Crippen molar-refractivity contribution in [1.82, 2.24) is 15.0 Å². The Morgan fingerprint density at radius 3 is 1.60 bits per heavy atom. The number of rotatable bonds is 4. The molecule has 2 amide bonds. The predicted molar refractivity (Wildman–Crippen MR) is 195 cm³/mol. The molecule has 10 heteroatoms. The molecular formula is C40H40ClN5O4. The van der Waals surface area contributed by atoms with E-state index in [1.54, 1.807) is 60.9 Å². The summed E-state index contributed by atoms with van der Waals surface area (Å²) in [6, 6.07) is 17.2. The number of aromatic nitrogens is 3. The number of hydrogen-bond donors (Lipinski definition) is 0. The molecule has 2 unspecified atom stereocenters. The molecule has 0 aliphatic carbocycles. The van der Waals surface area contributed by atoms with E-state index >= 15 is 0 Å². The third kappa shape index (κ3) is 8.38. The van der Waals surface area contributed by atoms with Crippen molar-refractivity contribution < 1.29 is 19.1 Å². The molecule has 9 nitrogen and oxygen atoms in total. The van der Waals surface area contributed by atoms with E-state index in [2.05, 4.69) is 38.6 Å². The Labute approximate surface area is 299 Å². The molecule has 2 aliphatic rings. The number of benzene rings is 1. The van der Waals surface area contributed by atoms with Crippen LogP contribution >= 0.6 is 11.6 Å². The number of halogens is 1. The summed E-state index contributed by atoms with van der Waals surface area (Å²) in [5, 5.41) is 0.545. The first-order valence-electron chi connectivity index (χ1n) is 16.1. The highest BCUT2D eigenvalue weighted by molar-refractivity contribution is 6.30. The van der Waals surface area contributed by atoms with Gasteiger partial charge in [-0.25, -0.2) is 9.97 Å². The van der Waals surface area contributed by atoms with Crippen molar-refractivity contribution in [2.75, 3.05) is 37.1 Å². The fourth-order valence-corrected chi connectivity index (χ4v) is 6.22. The highest BCUT2D eigenvalue weighted by atomic mass is 35.5. The van der Waals surface area contributed by atoms with Gasteiger partial charge in [-0.3, -0.25) is 24.4 Å². The number of carbonyl (C=O) groups is 2. The Kier molecular flexibility index (Phi) is 11.0. The first-order chi connectivity index (χ1) is 23.8. The molecule has 0 spiro atoms. The summed E-state index contributed by atoms with van der Waals surface area (Å²) in [5.74, 6) is 13.4. The molecule has 2 fully saturated rings. The van der Waals surface area contributed by atoms with Gasteiger partial charge in [-0.15, -0.1) is 0 Å². The topological polar surface area (TPSA) is 97.7 Å². The number of amides is 2. The number of aryl methyl sites for hydroxylation is 1. The van der Waals surface area contributed by atoms with E-state index in [0.717, 1.165) is 22.3 Å². The van der Waals surface area contributed by atoms with Crippen LogP contribution in [0.3, 0.4) is 0 Å². The third-order valence-electron chi connectivity index (χ3n) is 8.48. The SMILES string of the molecule is COC1C(=O)N(c2ccc(C#Cc3cccc(C)c3)cn2)CC1(C)C.COC1C(=O)N(c2ccc(C#Cc3cncc(Cl)c3)cn2)CC1(C)C. The lowest BCUT2D eigenvalue weighted by atomic mass is 9.90. The highest BCUT2D eigenvalue weighted by Gasteiger charge is 2.48. The highest BCUT2D eigenvalue weighted by Crippen LogP contribution is 2.36. The molecule has 2 aliphatic heterocycles. The van der Waals surface area contributed by atoms with Crippen molar-refractivity contribution in [3.05, 3.63) is 112 Å². The van der Waals surface area contributed by atoms with Crippen LogP contribution < -0.4 is 9.80 Å². The van der Waals surface area contributed by atoms with Crippen molar-refractivity contribution in [2.24, 2.45) is 10.8 Å². The molecule has 5 heterocycles. The molecule has 0 radical (unpaired) electrons. The van der Waals surface area contributed by atoms with Gasteiger partial charge in [0.15, 0.2) is 0 Å². The van der Waals surface area contributed by atoms with Gasteiger partial charge < -0.3 is 9.47 Å². The first kappa shape index (κ1) is 36.2. The zero-order valence-electron chi connectivity index (χ0n) is 29.3. The summed E-state index contributed by atoms with van der Waals surface area (Å²) in [4.78, 5) is 41.1. The standard InChI is InChI=1S/C21H22N2O2.C19H18ClN3O2/c1-15-6-5-7-16(12-15)8-9-17-10-11-18(22-13-17)23-14-21(2,3)19(25-4)20(23)24;1-19(2)12-23(18(24)17(19)25-3)16-7-6-13(10-22-16)4-5-14-8-15(20)11-21-9-14/h5-7,10-13,19H,14H2,1-4H3;6-11,17H,12H2,1-3H3. The van der Waals surface area contributed by atoms with Crippen LogP contribution in [-0.2, 0) is 19.1 Å². The summed E-state index contributed by atoms with van der Waals surface area (Å²) in [6.07, 6.45) is 5.68. The minimum Gasteiger partial charge on any atom is -0.371 e. The lowest BCUT2D eigenvalue weighted by molar-refractivity contribution is -0.129. The number of pyridine rings is 3. The van der Waals surface area contributed by atoms with E-state index < -0.39 is 12.2 Å². The average Bonchev–Trinajstić information content (AvgIpc) is 3.47. The maximum Gasteiger partial charge on any atom is 0.257 e. The van der Waals surface area contributed by atoms with Crippen LogP contribution in [0.25, 0.3) is 0 Å². The first-order valence-corrected chi connectivity index (χ1v) is 16.5. The van der Waals surface area contributed by atoms with Gasteiger partial charge in [-0.05, 0) is 55.0 Å². The minimum atomic E-state index is -0.455. The molecular weight excluding hydrogens is 650 g/mol. The summed E-state index contributed by atoms with van der Waals surface area (Å²) >= 11 is 5.89. The van der Waals surface area contributed by atoms with Crippen LogP contribution in [0.1, 0.15) is 55.5 Å². The smallest absolute Gasteiger partial charge is 0.257 e. The summed E-state index contributed by atoms with van der Waals surface area (Å²) in [7, 11) is 3.13. The summed E-state index contributed by atoms with van der Waals surface area (Å²) in [5.41, 5.74) is 3.96. The van der Waals surface area contributed by atoms with Crippen LogP contribution in [-0.4, -0.2) is 66.3 Å². The number of ether oxygens (including phenoxy) is 2. The molecule has 0 N–H and O–H groups in total. The lowest BCUT2D eigenvalue weighted by Crippen LogP contribution is -2.33. The number of carbonyl (C=O) groups excluding carboxylic acids is 2. The maximum absolute atomic E-state index is 12.5. The Morgan fingerprint density at radius 1 is 0.680 bits per heavy atom. The maximum atomic E-state index is 12.5. The van der Waals surface area contributed by atoms with E-state index in [0.29, 0.717) is 29.7 Å². The Bertz CT molecular complexity index is 1840. The van der Waals surface area contributed by atoms with Crippen molar-refractivity contribution in [3.63, 3.8) is 0 Å². The molecule has 6 rings (SSSR count).